The zero-order chi connectivity index (χ0) is 17.1. The molecule has 5 N–H and O–H groups in total. The average Bonchev–Trinajstić information content (AvgIpc) is 2.94. The first-order valence-electron chi connectivity index (χ1n) is 6.99. The number of aromatic carboxylic acids is 1. The number of hydrogen-bond acceptors (Lipinski definition) is 5. The number of benzene rings is 2. The second kappa shape index (κ2) is 6.29. The van der Waals surface area contributed by atoms with Crippen LogP contribution in [-0.4, -0.2) is 20.9 Å². The fraction of sp³-hybridized carbons (Fsp3) is 0. The summed E-state index contributed by atoms with van der Waals surface area (Å²) in [6.45, 7) is 0. The molecule has 1 aromatic heterocycles. The normalized spacial score (nSPS) is 10.4. The smallest absolute Gasteiger partial charge is 0.335 e. The third-order valence-electron chi connectivity index (χ3n) is 3.33. The van der Waals surface area contributed by atoms with E-state index in [-0.39, 0.29) is 11.4 Å². The highest BCUT2D eigenvalue weighted by molar-refractivity contribution is 5.87. The van der Waals surface area contributed by atoms with Crippen molar-refractivity contribution in [2.75, 3.05) is 16.6 Å². The number of carboxylic acid groups (broad SMARTS) is 1. The quantitative estimate of drug-likeness (QED) is 0.537. The largest absolute Gasteiger partial charge is 0.478 e. The molecule has 3 rings (SSSR count). The standard InChI is InChI=1S/C16H14FN5O2/c17-11-2-1-3-12(8-11)20-21-14-9-19-22(15(14)18)13-6-4-10(5-7-13)16(23)24/h1-9,20-21H,18H2,(H,23,24). The van der Waals surface area contributed by atoms with Crippen molar-refractivity contribution in [2.45, 2.75) is 0 Å². The molecule has 0 saturated heterocycles. The molecular weight excluding hydrogens is 313 g/mol. The van der Waals surface area contributed by atoms with Crippen LogP contribution in [-0.2, 0) is 0 Å². The zero-order valence-corrected chi connectivity index (χ0v) is 12.4. The van der Waals surface area contributed by atoms with Gasteiger partial charge in [0.05, 0.1) is 23.1 Å². The predicted octanol–water partition coefficient (Wildman–Crippen LogP) is 2.73. The van der Waals surface area contributed by atoms with E-state index >= 15 is 0 Å². The van der Waals surface area contributed by atoms with Gasteiger partial charge in [-0.15, -0.1) is 0 Å². The molecule has 0 aliphatic rings. The minimum atomic E-state index is -1.00. The van der Waals surface area contributed by atoms with Gasteiger partial charge >= 0.3 is 5.97 Å². The van der Waals surface area contributed by atoms with E-state index in [2.05, 4.69) is 16.0 Å². The number of nitrogens with two attached hydrogens (primary N) is 1. The van der Waals surface area contributed by atoms with Crippen molar-refractivity contribution in [3.05, 3.63) is 66.1 Å². The van der Waals surface area contributed by atoms with Gasteiger partial charge in [0.15, 0.2) is 5.82 Å². The lowest BCUT2D eigenvalue weighted by molar-refractivity contribution is 0.0697. The summed E-state index contributed by atoms with van der Waals surface area (Å²) in [6.07, 6.45) is 1.51. The molecule has 0 spiro atoms. The Bertz CT molecular complexity index is 876. The summed E-state index contributed by atoms with van der Waals surface area (Å²) in [5.41, 5.74) is 13.6. The predicted molar refractivity (Wildman–Crippen MR) is 88.6 cm³/mol. The second-order valence-electron chi connectivity index (χ2n) is 4.97. The maximum Gasteiger partial charge on any atom is 0.335 e. The maximum absolute atomic E-state index is 13.1. The molecule has 122 valence electrons. The summed E-state index contributed by atoms with van der Waals surface area (Å²) in [4.78, 5) is 10.9. The molecule has 7 nitrogen and oxygen atoms in total. The number of hydrogen-bond donors (Lipinski definition) is 4. The van der Waals surface area contributed by atoms with Gasteiger partial charge in [0.25, 0.3) is 0 Å². The SMILES string of the molecule is Nc1c(NNc2cccc(F)c2)cnn1-c1ccc(C(=O)O)cc1. The lowest BCUT2D eigenvalue weighted by Crippen LogP contribution is -2.10. The summed E-state index contributed by atoms with van der Waals surface area (Å²) in [5.74, 6) is -1.04. The number of carboxylic acids is 1. The van der Waals surface area contributed by atoms with E-state index in [1.165, 1.54) is 35.1 Å². The molecule has 0 bridgehead atoms. The molecule has 0 amide bonds. The Labute approximate surface area is 136 Å². The zero-order valence-electron chi connectivity index (χ0n) is 12.4. The van der Waals surface area contributed by atoms with Gasteiger partial charge in [-0.25, -0.2) is 13.9 Å². The van der Waals surface area contributed by atoms with Gasteiger partial charge in [0.1, 0.15) is 11.5 Å². The Balaban J connectivity index is 1.77. The Kier molecular flexibility index (Phi) is 4.02. The second-order valence-corrected chi connectivity index (χ2v) is 4.97. The number of aromatic nitrogens is 2. The third kappa shape index (κ3) is 3.12. The number of halogens is 1. The first-order valence-corrected chi connectivity index (χ1v) is 6.99. The van der Waals surface area contributed by atoms with E-state index in [0.29, 0.717) is 22.9 Å². The number of carbonyl (C=O) groups is 1. The van der Waals surface area contributed by atoms with Crippen LogP contribution < -0.4 is 16.6 Å². The van der Waals surface area contributed by atoms with E-state index in [9.17, 15) is 9.18 Å². The lowest BCUT2D eigenvalue weighted by atomic mass is 10.2. The molecule has 0 aliphatic heterocycles. The van der Waals surface area contributed by atoms with E-state index in [0.717, 1.165) is 0 Å². The highest BCUT2D eigenvalue weighted by Gasteiger charge is 2.10. The van der Waals surface area contributed by atoms with Crippen molar-refractivity contribution >= 4 is 23.2 Å². The summed E-state index contributed by atoms with van der Waals surface area (Å²) in [6, 6.07) is 12.1. The summed E-state index contributed by atoms with van der Waals surface area (Å²) in [5, 5.41) is 13.1. The molecule has 2 aromatic carbocycles. The van der Waals surface area contributed by atoms with Gasteiger partial charge in [-0.1, -0.05) is 6.07 Å². The molecule has 24 heavy (non-hydrogen) atoms. The topological polar surface area (TPSA) is 105 Å². The van der Waals surface area contributed by atoms with Gasteiger partial charge in [0, 0.05) is 0 Å². The number of nitrogen functional groups attached to an aromatic ring is 1. The minimum absolute atomic E-state index is 0.176. The summed E-state index contributed by atoms with van der Waals surface area (Å²) >= 11 is 0. The summed E-state index contributed by atoms with van der Waals surface area (Å²) < 4.78 is 14.6. The van der Waals surface area contributed by atoms with Crippen molar-refractivity contribution in [2.24, 2.45) is 0 Å². The van der Waals surface area contributed by atoms with Crippen LogP contribution in [0.2, 0.25) is 0 Å². The highest BCUT2D eigenvalue weighted by Crippen LogP contribution is 2.22. The molecule has 0 atom stereocenters. The molecular formula is C16H14FN5O2. The average molecular weight is 327 g/mol. The molecule has 1 heterocycles. The first kappa shape index (κ1) is 15.3. The van der Waals surface area contributed by atoms with E-state index in [1.54, 1.807) is 24.3 Å². The van der Waals surface area contributed by atoms with Crippen LogP contribution in [0.5, 0.6) is 0 Å². The van der Waals surface area contributed by atoms with Crippen LogP contribution in [0.15, 0.2) is 54.7 Å². The fourth-order valence-electron chi connectivity index (χ4n) is 2.11. The monoisotopic (exact) mass is 327 g/mol. The van der Waals surface area contributed by atoms with Gasteiger partial charge in [-0.3, -0.25) is 5.43 Å². The molecule has 0 unspecified atom stereocenters. The molecule has 0 fully saturated rings. The van der Waals surface area contributed by atoms with Gasteiger partial charge in [-0.2, -0.15) is 5.10 Å². The lowest BCUT2D eigenvalue weighted by Gasteiger charge is -2.09. The van der Waals surface area contributed by atoms with Gasteiger partial charge < -0.3 is 16.3 Å². The van der Waals surface area contributed by atoms with Crippen LogP contribution in [0, 0.1) is 5.82 Å². The van der Waals surface area contributed by atoms with Crippen LogP contribution in [0.25, 0.3) is 5.69 Å². The van der Waals surface area contributed by atoms with Crippen molar-refractivity contribution < 1.29 is 14.3 Å². The van der Waals surface area contributed by atoms with Crippen molar-refractivity contribution in [1.29, 1.82) is 0 Å². The van der Waals surface area contributed by atoms with Crippen molar-refractivity contribution in [3.63, 3.8) is 0 Å². The van der Waals surface area contributed by atoms with Gasteiger partial charge in [0.2, 0.25) is 0 Å². The number of hydrazine groups is 1. The number of rotatable bonds is 5. The van der Waals surface area contributed by atoms with Crippen molar-refractivity contribution in [3.8, 4) is 5.69 Å². The Morgan fingerprint density at radius 1 is 1.17 bits per heavy atom. The molecule has 8 heteroatoms. The van der Waals surface area contributed by atoms with Crippen molar-refractivity contribution in [1.82, 2.24) is 9.78 Å². The first-order chi connectivity index (χ1) is 11.5. The van der Waals surface area contributed by atoms with Gasteiger partial charge in [-0.05, 0) is 42.5 Å². The molecule has 0 radical (unpaired) electrons. The number of anilines is 3. The Morgan fingerprint density at radius 3 is 2.58 bits per heavy atom. The molecule has 0 saturated carbocycles. The fourth-order valence-corrected chi connectivity index (χ4v) is 2.11. The maximum atomic E-state index is 13.1. The van der Waals surface area contributed by atoms with Crippen LogP contribution in [0.3, 0.4) is 0 Å². The van der Waals surface area contributed by atoms with Crippen LogP contribution in [0.4, 0.5) is 21.6 Å². The third-order valence-corrected chi connectivity index (χ3v) is 3.33. The van der Waals surface area contributed by atoms with E-state index in [1.807, 2.05) is 0 Å². The van der Waals surface area contributed by atoms with Crippen LogP contribution >= 0.6 is 0 Å². The summed E-state index contributed by atoms with van der Waals surface area (Å²) in [7, 11) is 0. The van der Waals surface area contributed by atoms with Crippen LogP contribution in [0.1, 0.15) is 10.4 Å². The number of nitrogens with zero attached hydrogens (tertiary/aromatic N) is 2. The molecule has 0 aliphatic carbocycles. The minimum Gasteiger partial charge on any atom is -0.478 e. The van der Waals surface area contributed by atoms with E-state index in [4.69, 9.17) is 10.8 Å². The Hall–Kier alpha value is -3.55. The Morgan fingerprint density at radius 2 is 1.92 bits per heavy atom. The number of nitrogens with one attached hydrogen (secondary N) is 2. The molecule has 3 aromatic rings. The van der Waals surface area contributed by atoms with E-state index < -0.39 is 5.97 Å². The highest BCUT2D eigenvalue weighted by atomic mass is 19.1.